The molecule has 29 heteroatoms. The molecule has 13 N–H and O–H groups in total. The summed E-state index contributed by atoms with van der Waals surface area (Å²) in [7, 11) is -0.985. The zero-order chi connectivity index (χ0) is 64.7. The van der Waals surface area contributed by atoms with Gasteiger partial charge < -0.3 is 72.7 Å². The van der Waals surface area contributed by atoms with Crippen molar-refractivity contribution < 1.29 is 86.9 Å². The Hall–Kier alpha value is -6.82. The van der Waals surface area contributed by atoms with E-state index in [1.54, 1.807) is 26.0 Å². The van der Waals surface area contributed by atoms with Crippen molar-refractivity contribution in [2.45, 2.75) is 158 Å². The van der Waals surface area contributed by atoms with Crippen LogP contribution in [0.4, 0.5) is 0 Å². The van der Waals surface area contributed by atoms with Gasteiger partial charge in [0.05, 0.1) is 79.5 Å². The van der Waals surface area contributed by atoms with Gasteiger partial charge in [0.15, 0.2) is 11.6 Å². The number of ketones is 3. The molecule has 2 unspecified atom stereocenters. The lowest BCUT2D eigenvalue weighted by Gasteiger charge is -2.32. The number of primary amides is 1. The van der Waals surface area contributed by atoms with Crippen LogP contribution in [-0.4, -0.2) is 193 Å². The molecule has 1 saturated heterocycles. The molecule has 4 aliphatic rings. The summed E-state index contributed by atoms with van der Waals surface area (Å²) in [6, 6.07) is -3.70. The molecule has 8 amide bonds. The van der Waals surface area contributed by atoms with E-state index in [4.69, 9.17) is 15.6 Å². The van der Waals surface area contributed by atoms with Gasteiger partial charge in [-0.2, -0.15) is 11.8 Å². The molecule has 2 bridgehead atoms. The lowest BCUT2D eigenvalue weighted by Crippen LogP contribution is -2.60. The Morgan fingerprint density at radius 1 is 0.909 bits per heavy atom. The highest BCUT2D eigenvalue weighted by Gasteiger charge is 2.45. The summed E-state index contributed by atoms with van der Waals surface area (Å²) in [5.41, 5.74) is 6.68. The molecular formula is C59H85N9O18S2. The number of rotatable bonds is 20. The minimum atomic E-state index is -2.42. The van der Waals surface area contributed by atoms with Crippen molar-refractivity contribution in [2.75, 3.05) is 51.4 Å². The summed E-state index contributed by atoms with van der Waals surface area (Å²) in [6.07, 6.45) is -1.95. The third-order valence-corrected chi connectivity index (χ3v) is 19.9. The number of fused-ring (bicyclic) bond motifs is 5. The number of nitrogens with one attached hydrogen (secondary N) is 7. The Balaban J connectivity index is 1.40. The van der Waals surface area contributed by atoms with Crippen LogP contribution in [0.25, 0.3) is 10.9 Å². The first-order valence-electron chi connectivity index (χ1n) is 30.0. The number of methoxy groups -OCH3 is 1. The maximum absolute atomic E-state index is 15.4. The van der Waals surface area contributed by atoms with E-state index in [1.165, 1.54) is 32.7 Å². The Kier molecular flexibility index (Phi) is 26.0. The SMILES string of the molecule is CC[C@H](C)[C@@H]1CC(=O)CNC(=O)[C@H]2CC(=O)[C@H]([C@@H](C)[C@@H](O)CO)NC(=O)[C@@H]3C[C@@H](O)CN3C(=O)[C@H](CC(N)=O)NC(=O)[C@H](CS(=O)c3[nH]c4c(CSCCCC(=O)C5CCC(CNC(=O)CC(C)C(=O)O)CC5)c(OC)ccc4c3C2)NC(=O)CNC1=O. The van der Waals surface area contributed by atoms with Crippen molar-refractivity contribution in [2.24, 2.45) is 47.2 Å². The zero-order valence-electron chi connectivity index (χ0n) is 50.4. The number of thioether (sulfide) groups is 1. The van der Waals surface area contributed by atoms with Crippen LogP contribution in [0.5, 0.6) is 5.75 Å². The Labute approximate surface area is 516 Å². The number of aromatic nitrogens is 1. The summed E-state index contributed by atoms with van der Waals surface area (Å²) >= 11 is 1.46. The number of carboxylic acid groups (broad SMARTS) is 1. The van der Waals surface area contributed by atoms with Crippen molar-refractivity contribution in [3.63, 3.8) is 0 Å². The summed E-state index contributed by atoms with van der Waals surface area (Å²) in [4.78, 5) is 169. The second kappa shape index (κ2) is 32.6. The third-order valence-electron chi connectivity index (χ3n) is 17.4. The van der Waals surface area contributed by atoms with Crippen LogP contribution in [0, 0.1) is 41.4 Å². The molecule has 0 spiro atoms. The molecule has 12 atom stereocenters. The fourth-order valence-corrected chi connectivity index (χ4v) is 14.2. The monoisotopic (exact) mass is 1270 g/mol. The highest BCUT2D eigenvalue weighted by Crippen LogP contribution is 2.38. The molecule has 4 heterocycles. The molecule has 1 aromatic heterocycles. The van der Waals surface area contributed by atoms with E-state index in [0.717, 1.165) is 17.7 Å². The summed E-state index contributed by atoms with van der Waals surface area (Å²) < 4.78 is 21.2. The fraction of sp³-hybridized carbons (Fsp3) is 0.661. The number of benzene rings is 1. The number of aliphatic carboxylic acids is 1. The Bertz CT molecular complexity index is 2970. The number of carboxylic acids is 1. The van der Waals surface area contributed by atoms with Crippen LogP contribution in [0.3, 0.4) is 0 Å². The molecule has 6 rings (SSSR count). The second-order valence-electron chi connectivity index (χ2n) is 23.8. The van der Waals surface area contributed by atoms with Gasteiger partial charge in [-0.15, -0.1) is 0 Å². The van der Waals surface area contributed by atoms with Crippen LogP contribution < -0.4 is 42.4 Å². The van der Waals surface area contributed by atoms with E-state index in [-0.39, 0.29) is 52.7 Å². The molecule has 486 valence electrons. The number of nitrogens with zero attached hydrogens (tertiary/aromatic N) is 1. The second-order valence-corrected chi connectivity index (χ2v) is 26.3. The number of aliphatic hydroxyl groups excluding tert-OH is 3. The number of hydrogen-bond donors (Lipinski definition) is 12. The summed E-state index contributed by atoms with van der Waals surface area (Å²) in [5.74, 6) is -14.3. The average molecular weight is 1270 g/mol. The van der Waals surface area contributed by atoms with Gasteiger partial charge in [-0.3, -0.25) is 61.7 Å². The third kappa shape index (κ3) is 18.6. The van der Waals surface area contributed by atoms with E-state index >= 15 is 4.21 Å². The largest absolute Gasteiger partial charge is 0.496 e. The van der Waals surface area contributed by atoms with Crippen molar-refractivity contribution in [1.82, 2.24) is 41.8 Å². The highest BCUT2D eigenvalue weighted by molar-refractivity contribution is 7.98. The maximum atomic E-state index is 15.4. The van der Waals surface area contributed by atoms with Crippen LogP contribution in [0.15, 0.2) is 17.2 Å². The first kappa shape index (κ1) is 70.3. The molecule has 88 heavy (non-hydrogen) atoms. The van der Waals surface area contributed by atoms with Gasteiger partial charge >= 0.3 is 5.97 Å². The smallest absolute Gasteiger partial charge is 0.306 e. The number of nitrogens with two attached hydrogens (primary N) is 1. The molecule has 1 aliphatic carbocycles. The molecule has 1 saturated carbocycles. The fourth-order valence-electron chi connectivity index (χ4n) is 11.8. The number of aliphatic hydroxyl groups is 3. The van der Waals surface area contributed by atoms with E-state index in [1.807, 2.05) is 0 Å². The van der Waals surface area contributed by atoms with Gasteiger partial charge in [0, 0.05) is 85.6 Å². The van der Waals surface area contributed by atoms with Gasteiger partial charge in [-0.05, 0) is 73.8 Å². The number of carbonyl (C=O) groups is 12. The first-order valence-corrected chi connectivity index (χ1v) is 32.5. The van der Waals surface area contributed by atoms with Crippen molar-refractivity contribution >= 4 is 104 Å². The topological polar surface area (TPSA) is 429 Å². The lowest BCUT2D eigenvalue weighted by atomic mass is 9.79. The number of Topliss-reactive ketones (excluding diaryl/α,β-unsaturated/α-hetero) is 3. The van der Waals surface area contributed by atoms with Crippen LogP contribution in [0.1, 0.15) is 116 Å². The number of aromatic amines is 1. The van der Waals surface area contributed by atoms with Crippen molar-refractivity contribution in [1.29, 1.82) is 0 Å². The number of ether oxygens (including phenoxy) is 1. The molecule has 2 fully saturated rings. The zero-order valence-corrected chi connectivity index (χ0v) is 52.0. The van der Waals surface area contributed by atoms with Gasteiger partial charge in [-0.1, -0.05) is 34.1 Å². The lowest BCUT2D eigenvalue weighted by molar-refractivity contribution is -0.144. The van der Waals surface area contributed by atoms with Crippen molar-refractivity contribution in [3.05, 3.63) is 23.3 Å². The van der Waals surface area contributed by atoms with Crippen molar-refractivity contribution in [3.8, 4) is 5.75 Å². The standard InChI is InChI=1S/C59H85N9O18S2/c1-6-29(2)38-19-35(70)23-62-53(78)34-17-39-37-13-14-47(86-5)40(27-87-15-7-8-44(72)33-11-9-32(10-12-33)22-61-49(76)16-30(3)59(83)84)52(37)67-57(39)88(85)28-42(64-50(77)24-63-54(38)79)55(80)65-41(21-48(60)75)58(82)68-25-36(71)20-43(68)56(81)66-51(45(73)18-34)31(4)46(74)26-69/h13-14,29-34,36,38,41-43,46,51,67,69,71,74H,6-12,15-28H2,1-5H3,(H2,60,75)(H,61,76)(H,62,78)(H,63,79)(H,64,77)(H,65,80)(H,66,81)(H,83,84)/t29-,30?,31-,32?,33?,34+,36+,38-,41-,42-,43-,46-,51-,88?/m0/s1. The number of hydrogen-bond acceptors (Lipinski definition) is 18. The molecule has 27 nitrogen and oxygen atoms in total. The normalized spacial score (nSPS) is 27.1. The van der Waals surface area contributed by atoms with Crippen LogP contribution in [0.2, 0.25) is 0 Å². The number of H-pyrrole nitrogens is 1. The van der Waals surface area contributed by atoms with Gasteiger partial charge in [0.1, 0.15) is 34.7 Å². The number of amides is 8. The molecule has 2 aromatic rings. The van der Waals surface area contributed by atoms with Crippen LogP contribution in [-0.2, 0) is 80.5 Å². The quantitative estimate of drug-likeness (QED) is 0.0721. The highest BCUT2D eigenvalue weighted by atomic mass is 32.2. The number of carbonyl (C=O) groups excluding carboxylic acids is 11. The molecule has 1 aromatic carbocycles. The van der Waals surface area contributed by atoms with E-state index in [9.17, 15) is 72.9 Å². The summed E-state index contributed by atoms with van der Waals surface area (Å²) in [5, 5.41) is 56.9. The Morgan fingerprint density at radius 3 is 2.27 bits per heavy atom. The summed E-state index contributed by atoms with van der Waals surface area (Å²) in [6.45, 7) is 3.95. The van der Waals surface area contributed by atoms with Gasteiger partial charge in [0.25, 0.3) is 0 Å². The molecular weight excluding hydrogens is 1190 g/mol. The van der Waals surface area contributed by atoms with Crippen LogP contribution >= 0.6 is 11.8 Å². The predicted octanol–water partition coefficient (Wildman–Crippen LogP) is -0.820. The molecule has 3 aliphatic heterocycles. The first-order chi connectivity index (χ1) is 41.7. The minimum Gasteiger partial charge on any atom is -0.496 e. The Morgan fingerprint density at radius 2 is 1.61 bits per heavy atom. The van der Waals surface area contributed by atoms with Gasteiger partial charge in [0.2, 0.25) is 47.3 Å². The van der Waals surface area contributed by atoms with E-state index in [2.05, 4.69) is 36.9 Å². The molecule has 0 radical (unpaired) electrons. The average Bonchev–Trinajstić information content (AvgIpc) is 1.69. The maximum Gasteiger partial charge on any atom is 0.306 e. The van der Waals surface area contributed by atoms with E-state index in [0.29, 0.717) is 66.6 Å². The van der Waals surface area contributed by atoms with Gasteiger partial charge in [-0.25, -0.2) is 0 Å². The predicted molar refractivity (Wildman–Crippen MR) is 320 cm³/mol. The van der Waals surface area contributed by atoms with E-state index < -0.39 is 193 Å². The minimum absolute atomic E-state index is 0.0992.